The summed E-state index contributed by atoms with van der Waals surface area (Å²) in [6, 6.07) is 1.85. The Morgan fingerprint density at radius 2 is 2.13 bits per heavy atom. The van der Waals surface area contributed by atoms with Crippen LogP contribution in [0.15, 0.2) is 10.6 Å². The van der Waals surface area contributed by atoms with Crippen molar-refractivity contribution in [1.82, 2.24) is 10.5 Å². The third-order valence-corrected chi connectivity index (χ3v) is 2.29. The maximum Gasteiger partial charge on any atom is 0.150 e. The average molecular weight is 214 g/mol. The molecule has 0 bridgehead atoms. The molecule has 0 aliphatic rings. The number of hydrogen-bond acceptors (Lipinski definition) is 5. The van der Waals surface area contributed by atoms with Gasteiger partial charge in [-0.15, -0.1) is 0 Å². The number of aliphatic hydroxyl groups excluding tert-OH is 2. The van der Waals surface area contributed by atoms with Crippen LogP contribution in [0, 0.1) is 12.3 Å². The molecule has 1 aromatic rings. The summed E-state index contributed by atoms with van der Waals surface area (Å²) in [6.07, 6.45) is 0. The lowest BCUT2D eigenvalue weighted by Crippen LogP contribution is -2.37. The van der Waals surface area contributed by atoms with Crippen molar-refractivity contribution in [3.8, 4) is 0 Å². The van der Waals surface area contributed by atoms with Gasteiger partial charge < -0.3 is 20.1 Å². The summed E-state index contributed by atoms with van der Waals surface area (Å²) in [5, 5.41) is 25.0. The fraction of sp³-hybridized carbons (Fsp3) is 0.700. The van der Waals surface area contributed by atoms with Crippen molar-refractivity contribution in [2.24, 2.45) is 5.41 Å². The largest absolute Gasteiger partial charge is 0.396 e. The average Bonchev–Trinajstić information content (AvgIpc) is 2.64. The van der Waals surface area contributed by atoms with E-state index >= 15 is 0 Å². The third-order valence-electron chi connectivity index (χ3n) is 2.29. The number of rotatable bonds is 6. The molecule has 5 nitrogen and oxygen atoms in total. The van der Waals surface area contributed by atoms with Gasteiger partial charge in [-0.1, -0.05) is 12.1 Å². The highest BCUT2D eigenvalue weighted by Crippen LogP contribution is 2.12. The Hall–Kier alpha value is -0.910. The van der Waals surface area contributed by atoms with E-state index in [0.29, 0.717) is 13.1 Å². The third kappa shape index (κ3) is 3.62. The van der Waals surface area contributed by atoms with E-state index in [1.807, 2.05) is 19.9 Å². The van der Waals surface area contributed by atoms with Gasteiger partial charge in [0, 0.05) is 18.0 Å². The van der Waals surface area contributed by atoms with Crippen LogP contribution in [0.5, 0.6) is 0 Å². The summed E-state index contributed by atoms with van der Waals surface area (Å²) in [5.41, 5.74) is 0.355. The second kappa shape index (κ2) is 5.25. The van der Waals surface area contributed by atoms with Gasteiger partial charge in [-0.2, -0.15) is 0 Å². The number of nitrogens with zero attached hydrogens (tertiary/aromatic N) is 1. The summed E-state index contributed by atoms with van der Waals surface area (Å²) in [5.74, 6) is 0.755. The molecule has 0 aromatic carbocycles. The first-order valence-electron chi connectivity index (χ1n) is 4.94. The lowest BCUT2D eigenvalue weighted by Gasteiger charge is -2.24. The zero-order valence-corrected chi connectivity index (χ0v) is 9.16. The van der Waals surface area contributed by atoms with Gasteiger partial charge in [-0.3, -0.25) is 0 Å². The van der Waals surface area contributed by atoms with Crippen molar-refractivity contribution in [1.29, 1.82) is 0 Å². The Morgan fingerprint density at radius 3 is 2.60 bits per heavy atom. The first-order valence-corrected chi connectivity index (χ1v) is 4.94. The van der Waals surface area contributed by atoms with Gasteiger partial charge in [0.15, 0.2) is 5.76 Å². The lowest BCUT2D eigenvalue weighted by molar-refractivity contribution is 0.0690. The molecule has 0 saturated heterocycles. The zero-order chi connectivity index (χ0) is 11.3. The van der Waals surface area contributed by atoms with Crippen molar-refractivity contribution in [2.45, 2.75) is 20.4 Å². The molecule has 5 heteroatoms. The van der Waals surface area contributed by atoms with E-state index in [0.717, 1.165) is 11.5 Å². The van der Waals surface area contributed by atoms with Crippen LogP contribution in [-0.4, -0.2) is 35.1 Å². The maximum atomic E-state index is 9.05. The molecule has 0 atom stereocenters. The van der Waals surface area contributed by atoms with Gasteiger partial charge in [0.25, 0.3) is 0 Å². The molecule has 0 amide bonds. The van der Waals surface area contributed by atoms with E-state index in [1.54, 1.807) is 0 Å². The van der Waals surface area contributed by atoms with Gasteiger partial charge in [0.2, 0.25) is 0 Å². The smallest absolute Gasteiger partial charge is 0.150 e. The fourth-order valence-corrected chi connectivity index (χ4v) is 1.15. The van der Waals surface area contributed by atoms with Gasteiger partial charge in [0.05, 0.1) is 25.5 Å². The monoisotopic (exact) mass is 214 g/mol. The number of aromatic nitrogens is 1. The molecule has 3 N–H and O–H groups in total. The summed E-state index contributed by atoms with van der Waals surface area (Å²) in [4.78, 5) is 0. The van der Waals surface area contributed by atoms with E-state index in [1.165, 1.54) is 0 Å². The van der Waals surface area contributed by atoms with Gasteiger partial charge in [-0.05, 0) is 6.92 Å². The molecule has 1 aromatic heterocycles. The summed E-state index contributed by atoms with van der Waals surface area (Å²) < 4.78 is 5.01. The molecule has 1 heterocycles. The molecule has 0 aliphatic heterocycles. The molecule has 0 saturated carbocycles. The summed E-state index contributed by atoms with van der Waals surface area (Å²) in [6.45, 7) is 4.65. The van der Waals surface area contributed by atoms with E-state index in [2.05, 4.69) is 10.5 Å². The minimum atomic E-state index is -0.491. The van der Waals surface area contributed by atoms with E-state index in [4.69, 9.17) is 14.7 Å². The van der Waals surface area contributed by atoms with Gasteiger partial charge >= 0.3 is 0 Å². The van der Waals surface area contributed by atoms with Crippen molar-refractivity contribution in [2.75, 3.05) is 19.8 Å². The molecule has 1 rings (SSSR count). The van der Waals surface area contributed by atoms with Crippen LogP contribution in [0.4, 0.5) is 0 Å². The van der Waals surface area contributed by atoms with Crippen molar-refractivity contribution in [3.63, 3.8) is 0 Å². The van der Waals surface area contributed by atoms with Crippen molar-refractivity contribution >= 4 is 0 Å². The SMILES string of the molecule is Cc1cc(CNCC(C)(CO)CO)on1. The second-order valence-electron chi connectivity index (χ2n) is 4.17. The van der Waals surface area contributed by atoms with Crippen molar-refractivity contribution in [3.05, 3.63) is 17.5 Å². The fourth-order valence-electron chi connectivity index (χ4n) is 1.15. The quantitative estimate of drug-likeness (QED) is 0.624. The van der Waals surface area contributed by atoms with E-state index in [9.17, 15) is 0 Å². The minimum Gasteiger partial charge on any atom is -0.396 e. The highest BCUT2D eigenvalue weighted by Gasteiger charge is 2.21. The first-order chi connectivity index (χ1) is 7.09. The summed E-state index contributed by atoms with van der Waals surface area (Å²) in [7, 11) is 0. The molecular formula is C10H18N2O3. The number of nitrogens with one attached hydrogen (secondary N) is 1. The molecule has 0 fully saturated rings. The Morgan fingerprint density at radius 1 is 1.47 bits per heavy atom. The molecule has 0 aliphatic carbocycles. The van der Waals surface area contributed by atoms with Gasteiger partial charge in [-0.25, -0.2) is 0 Å². The topological polar surface area (TPSA) is 78.5 Å². The highest BCUT2D eigenvalue weighted by atomic mass is 16.5. The Bertz CT molecular complexity index is 295. The van der Waals surface area contributed by atoms with Gasteiger partial charge in [0.1, 0.15) is 0 Å². The lowest BCUT2D eigenvalue weighted by atomic mass is 9.93. The summed E-state index contributed by atoms with van der Waals surface area (Å²) >= 11 is 0. The van der Waals surface area contributed by atoms with Crippen LogP contribution < -0.4 is 5.32 Å². The van der Waals surface area contributed by atoms with Crippen molar-refractivity contribution < 1.29 is 14.7 Å². The Balaban J connectivity index is 2.32. The number of aryl methyl sites for hydroxylation is 1. The molecule has 15 heavy (non-hydrogen) atoms. The van der Waals surface area contributed by atoms with Crippen LogP contribution in [0.2, 0.25) is 0 Å². The predicted molar refractivity (Wildman–Crippen MR) is 55.2 cm³/mol. The van der Waals surface area contributed by atoms with E-state index < -0.39 is 5.41 Å². The first kappa shape index (κ1) is 12.2. The Kier molecular flexibility index (Phi) is 4.26. The van der Waals surface area contributed by atoms with Crippen LogP contribution in [0.1, 0.15) is 18.4 Å². The Labute approximate surface area is 89.1 Å². The maximum absolute atomic E-state index is 9.05. The molecule has 0 unspecified atom stereocenters. The molecule has 0 radical (unpaired) electrons. The normalized spacial score (nSPS) is 12.0. The number of aliphatic hydroxyl groups is 2. The second-order valence-corrected chi connectivity index (χ2v) is 4.17. The van der Waals surface area contributed by atoms with Crippen LogP contribution in [0.3, 0.4) is 0 Å². The number of hydrogen-bond donors (Lipinski definition) is 3. The van der Waals surface area contributed by atoms with E-state index in [-0.39, 0.29) is 13.2 Å². The minimum absolute atomic E-state index is 0.0497. The van der Waals surface area contributed by atoms with Crippen LogP contribution in [0.25, 0.3) is 0 Å². The molecule has 0 spiro atoms. The zero-order valence-electron chi connectivity index (χ0n) is 9.16. The van der Waals surface area contributed by atoms with Crippen LogP contribution in [-0.2, 0) is 6.54 Å². The standard InChI is InChI=1S/C10H18N2O3/c1-8-3-9(15-12-8)4-11-5-10(2,6-13)7-14/h3,11,13-14H,4-7H2,1-2H3. The van der Waals surface area contributed by atoms with Crippen LogP contribution >= 0.6 is 0 Å². The molecule has 86 valence electrons. The highest BCUT2D eigenvalue weighted by molar-refractivity contribution is 5.02. The predicted octanol–water partition coefficient (Wildman–Crippen LogP) is 0.0635. The molecular weight excluding hydrogens is 196 g/mol.